The van der Waals surface area contributed by atoms with E-state index in [0.29, 0.717) is 12.3 Å². The van der Waals surface area contributed by atoms with E-state index in [4.69, 9.17) is 4.74 Å². The van der Waals surface area contributed by atoms with E-state index in [1.807, 2.05) is 54.6 Å². The summed E-state index contributed by atoms with van der Waals surface area (Å²) >= 11 is 0. The molecule has 2 atom stereocenters. The zero-order valence-corrected chi connectivity index (χ0v) is 19.6. The number of methoxy groups -OCH3 is 1. The van der Waals surface area contributed by atoms with Crippen LogP contribution in [-0.2, 0) is 21.4 Å². The predicted molar refractivity (Wildman–Crippen MR) is 127 cm³/mol. The number of carbonyl (C=O) groups excluding carboxylic acids is 1. The summed E-state index contributed by atoms with van der Waals surface area (Å²) in [4.78, 5) is 15.5. The summed E-state index contributed by atoms with van der Waals surface area (Å²) in [6, 6.07) is 25.7. The smallest absolute Gasteiger partial charge is 0.243 e. The first kappa shape index (κ1) is 23.0. The summed E-state index contributed by atoms with van der Waals surface area (Å²) < 4.78 is 33.7. The number of carbonyl (C=O) groups is 1. The van der Waals surface area contributed by atoms with Gasteiger partial charge in [0.25, 0.3) is 0 Å². The van der Waals surface area contributed by atoms with Gasteiger partial charge in [0, 0.05) is 32.6 Å². The summed E-state index contributed by atoms with van der Waals surface area (Å²) in [6.07, 6.45) is 0. The lowest BCUT2D eigenvalue weighted by molar-refractivity contribution is -0.134. The van der Waals surface area contributed by atoms with Crippen molar-refractivity contribution in [1.82, 2.24) is 9.21 Å². The number of amides is 1. The fourth-order valence-electron chi connectivity index (χ4n) is 4.46. The van der Waals surface area contributed by atoms with E-state index in [2.05, 4.69) is 0 Å². The Labute approximate surface area is 195 Å². The number of rotatable bonds is 7. The molecule has 1 fully saturated rings. The molecule has 0 spiro atoms. The second kappa shape index (κ2) is 9.77. The van der Waals surface area contributed by atoms with Crippen LogP contribution in [-0.4, -0.2) is 50.8 Å². The highest BCUT2D eigenvalue weighted by Gasteiger charge is 2.45. The summed E-state index contributed by atoms with van der Waals surface area (Å²) in [7, 11) is -0.374. The van der Waals surface area contributed by atoms with E-state index in [-0.39, 0.29) is 29.8 Å². The number of sulfonamides is 1. The van der Waals surface area contributed by atoms with Crippen LogP contribution in [0.3, 0.4) is 0 Å². The van der Waals surface area contributed by atoms with Crippen molar-refractivity contribution in [2.75, 3.05) is 27.2 Å². The van der Waals surface area contributed by atoms with Gasteiger partial charge in [-0.2, -0.15) is 4.31 Å². The highest BCUT2D eigenvalue weighted by atomic mass is 32.2. The minimum atomic E-state index is -3.73. The number of hydrogen-bond donors (Lipinski definition) is 0. The van der Waals surface area contributed by atoms with Gasteiger partial charge in [0.15, 0.2) is 0 Å². The van der Waals surface area contributed by atoms with Crippen molar-refractivity contribution in [2.24, 2.45) is 5.92 Å². The van der Waals surface area contributed by atoms with Crippen molar-refractivity contribution in [3.8, 4) is 5.75 Å². The summed E-state index contributed by atoms with van der Waals surface area (Å²) in [5, 5.41) is 0. The van der Waals surface area contributed by atoms with E-state index in [1.54, 1.807) is 49.4 Å². The normalized spacial score (nSPS) is 18.7. The van der Waals surface area contributed by atoms with E-state index in [0.717, 1.165) is 11.1 Å². The third kappa shape index (κ3) is 4.79. The van der Waals surface area contributed by atoms with Crippen LogP contribution in [0.25, 0.3) is 0 Å². The van der Waals surface area contributed by atoms with Crippen LogP contribution in [0.15, 0.2) is 89.8 Å². The van der Waals surface area contributed by atoms with Gasteiger partial charge in [-0.3, -0.25) is 4.79 Å². The molecule has 0 radical (unpaired) electrons. The van der Waals surface area contributed by atoms with Crippen molar-refractivity contribution in [3.05, 3.63) is 96.1 Å². The van der Waals surface area contributed by atoms with Crippen LogP contribution in [0, 0.1) is 5.92 Å². The molecule has 33 heavy (non-hydrogen) atoms. The minimum Gasteiger partial charge on any atom is -0.496 e. The topological polar surface area (TPSA) is 66.9 Å². The largest absolute Gasteiger partial charge is 0.496 e. The van der Waals surface area contributed by atoms with Crippen LogP contribution < -0.4 is 4.74 Å². The summed E-state index contributed by atoms with van der Waals surface area (Å²) in [5.74, 6) is -0.260. The van der Waals surface area contributed by atoms with Crippen molar-refractivity contribution in [2.45, 2.75) is 17.4 Å². The highest BCUT2D eigenvalue weighted by Crippen LogP contribution is 2.40. The Bertz CT molecular complexity index is 1200. The molecule has 1 saturated heterocycles. The van der Waals surface area contributed by atoms with Gasteiger partial charge in [0.1, 0.15) is 5.75 Å². The van der Waals surface area contributed by atoms with E-state index in [1.165, 1.54) is 4.31 Å². The van der Waals surface area contributed by atoms with Crippen LogP contribution in [0.2, 0.25) is 0 Å². The van der Waals surface area contributed by atoms with Crippen LogP contribution in [0.5, 0.6) is 5.75 Å². The van der Waals surface area contributed by atoms with Gasteiger partial charge in [-0.05, 0) is 29.3 Å². The average Bonchev–Trinajstić information content (AvgIpc) is 3.31. The first-order chi connectivity index (χ1) is 15.9. The number of benzene rings is 3. The maximum absolute atomic E-state index is 13.6. The Balaban J connectivity index is 1.67. The van der Waals surface area contributed by atoms with Gasteiger partial charge in [0.2, 0.25) is 15.9 Å². The van der Waals surface area contributed by atoms with E-state index < -0.39 is 15.9 Å². The Morgan fingerprint density at radius 2 is 1.55 bits per heavy atom. The van der Waals surface area contributed by atoms with Gasteiger partial charge < -0.3 is 9.64 Å². The number of hydrogen-bond acceptors (Lipinski definition) is 4. The zero-order valence-electron chi connectivity index (χ0n) is 18.8. The molecule has 0 aliphatic carbocycles. The van der Waals surface area contributed by atoms with Crippen LogP contribution in [0.1, 0.15) is 17.0 Å². The molecule has 0 bridgehead atoms. The van der Waals surface area contributed by atoms with E-state index >= 15 is 0 Å². The zero-order chi connectivity index (χ0) is 23.4. The summed E-state index contributed by atoms with van der Waals surface area (Å²) in [5.41, 5.74) is 1.87. The Morgan fingerprint density at radius 1 is 0.939 bits per heavy atom. The summed E-state index contributed by atoms with van der Waals surface area (Å²) in [6.45, 7) is 0.797. The molecule has 0 N–H and O–H groups in total. The fourth-order valence-corrected chi connectivity index (χ4v) is 5.97. The number of para-hydroxylation sites is 1. The predicted octanol–water partition coefficient (Wildman–Crippen LogP) is 3.76. The Morgan fingerprint density at radius 3 is 2.21 bits per heavy atom. The molecular weight excluding hydrogens is 436 g/mol. The molecule has 6 nitrogen and oxygen atoms in total. The monoisotopic (exact) mass is 464 g/mol. The first-order valence-corrected chi connectivity index (χ1v) is 12.3. The standard InChI is InChI=1S/C26H28N2O4S/c1-27(17-20-11-5-3-6-12-20)26(29)24-19-28(33(30,31)21-13-7-4-8-14-21)18-23(24)22-15-9-10-16-25(22)32-2/h3-16,23-24H,17-19H2,1-2H3. The Kier molecular flexibility index (Phi) is 6.81. The molecule has 2 unspecified atom stereocenters. The van der Waals surface area contributed by atoms with Crippen molar-refractivity contribution < 1.29 is 17.9 Å². The van der Waals surface area contributed by atoms with Gasteiger partial charge in [-0.25, -0.2) is 8.42 Å². The Hall–Kier alpha value is -3.16. The SMILES string of the molecule is COc1ccccc1C1CN(S(=O)(=O)c2ccccc2)CC1C(=O)N(C)Cc1ccccc1. The third-order valence-electron chi connectivity index (χ3n) is 6.16. The maximum Gasteiger partial charge on any atom is 0.243 e. The molecule has 1 heterocycles. The quantitative estimate of drug-likeness (QED) is 0.534. The van der Waals surface area contributed by atoms with Crippen LogP contribution in [0.4, 0.5) is 0 Å². The molecule has 0 aromatic heterocycles. The molecule has 0 saturated carbocycles. The van der Waals surface area contributed by atoms with Gasteiger partial charge in [-0.1, -0.05) is 66.7 Å². The average molecular weight is 465 g/mol. The van der Waals surface area contributed by atoms with Gasteiger partial charge >= 0.3 is 0 Å². The number of ether oxygens (including phenoxy) is 1. The molecule has 3 aromatic carbocycles. The first-order valence-electron chi connectivity index (χ1n) is 10.9. The van der Waals surface area contributed by atoms with Crippen LogP contribution >= 0.6 is 0 Å². The lowest BCUT2D eigenvalue weighted by Crippen LogP contribution is -2.36. The molecule has 1 amide bonds. The molecule has 172 valence electrons. The lowest BCUT2D eigenvalue weighted by atomic mass is 9.87. The fraction of sp³-hybridized carbons (Fsp3) is 0.269. The maximum atomic E-state index is 13.6. The number of nitrogens with zero attached hydrogens (tertiary/aromatic N) is 2. The molecule has 1 aliphatic rings. The minimum absolute atomic E-state index is 0.0829. The van der Waals surface area contributed by atoms with Crippen molar-refractivity contribution in [3.63, 3.8) is 0 Å². The van der Waals surface area contributed by atoms with Crippen molar-refractivity contribution >= 4 is 15.9 Å². The van der Waals surface area contributed by atoms with Gasteiger partial charge in [0.05, 0.1) is 17.9 Å². The molecule has 7 heteroatoms. The highest BCUT2D eigenvalue weighted by molar-refractivity contribution is 7.89. The van der Waals surface area contributed by atoms with E-state index in [9.17, 15) is 13.2 Å². The molecular formula is C26H28N2O4S. The molecule has 1 aliphatic heterocycles. The van der Waals surface area contributed by atoms with Crippen molar-refractivity contribution in [1.29, 1.82) is 0 Å². The lowest BCUT2D eigenvalue weighted by Gasteiger charge is -2.25. The second-order valence-electron chi connectivity index (χ2n) is 8.27. The second-order valence-corrected chi connectivity index (χ2v) is 10.2. The molecule has 4 rings (SSSR count). The molecule has 3 aromatic rings. The third-order valence-corrected chi connectivity index (χ3v) is 8.01. The van der Waals surface area contributed by atoms with Gasteiger partial charge in [-0.15, -0.1) is 0 Å².